The van der Waals surface area contributed by atoms with Gasteiger partial charge in [0.1, 0.15) is 12.2 Å². The van der Waals surface area contributed by atoms with Crippen LogP contribution in [0.5, 0.6) is 0 Å². The Morgan fingerprint density at radius 1 is 0.867 bits per heavy atom. The largest absolute Gasteiger partial charge is 0.475 e. The molecule has 0 radical (unpaired) electrons. The van der Waals surface area contributed by atoms with Crippen molar-refractivity contribution in [3.8, 4) is 0 Å². The highest BCUT2D eigenvalue weighted by atomic mass is 31.2. The van der Waals surface area contributed by atoms with Gasteiger partial charge in [-0.05, 0) is 33.3 Å². The quantitative estimate of drug-likeness (QED) is 0.254. The van der Waals surface area contributed by atoms with Crippen molar-refractivity contribution in [1.29, 1.82) is 0 Å². The molecule has 8 nitrogen and oxygen atoms in total. The zero-order valence-corrected chi connectivity index (χ0v) is 18.7. The third-order valence-corrected chi connectivity index (χ3v) is 4.86. The van der Waals surface area contributed by atoms with Crippen molar-refractivity contribution in [3.05, 3.63) is 60.2 Å². The molecule has 0 aliphatic carbocycles. The summed E-state index contributed by atoms with van der Waals surface area (Å²) in [4.78, 5) is 23.2. The van der Waals surface area contributed by atoms with Crippen LogP contribution in [-0.4, -0.2) is 37.4 Å². The van der Waals surface area contributed by atoms with Gasteiger partial charge >= 0.3 is 19.8 Å². The molecular formula is C21H29O8P. The highest BCUT2D eigenvalue weighted by Crippen LogP contribution is 2.50. The lowest BCUT2D eigenvalue weighted by molar-refractivity contribution is -0.145. The van der Waals surface area contributed by atoms with Gasteiger partial charge in [-0.1, -0.05) is 43.5 Å². The summed E-state index contributed by atoms with van der Waals surface area (Å²) in [6, 6.07) is 9.04. The molecule has 30 heavy (non-hydrogen) atoms. The SMILES string of the molecule is C=C(C)C(=O)OC(C)COP(=O)(OCc1ccccc1)OCC(C)OC(=O)C(=C)C. The lowest BCUT2D eigenvalue weighted by atomic mass is 10.2. The molecule has 2 atom stereocenters. The lowest BCUT2D eigenvalue weighted by Gasteiger charge is -2.22. The summed E-state index contributed by atoms with van der Waals surface area (Å²) in [6.45, 7) is 12.7. The van der Waals surface area contributed by atoms with E-state index in [1.807, 2.05) is 18.2 Å². The molecule has 0 N–H and O–H groups in total. The van der Waals surface area contributed by atoms with Crippen LogP contribution in [0.25, 0.3) is 0 Å². The molecule has 1 aromatic carbocycles. The summed E-state index contributed by atoms with van der Waals surface area (Å²) in [5.74, 6) is -1.18. The molecule has 0 saturated heterocycles. The van der Waals surface area contributed by atoms with Gasteiger partial charge in [0, 0.05) is 11.1 Å². The van der Waals surface area contributed by atoms with Gasteiger partial charge in [-0.2, -0.15) is 0 Å². The summed E-state index contributed by atoms with van der Waals surface area (Å²) in [6.07, 6.45) is -1.43. The summed E-state index contributed by atoms with van der Waals surface area (Å²) in [5, 5.41) is 0. The van der Waals surface area contributed by atoms with Crippen molar-refractivity contribution >= 4 is 19.8 Å². The number of phosphoric acid groups is 1. The Hall–Kier alpha value is -2.25. The van der Waals surface area contributed by atoms with Crippen LogP contribution in [0.2, 0.25) is 0 Å². The van der Waals surface area contributed by atoms with E-state index in [1.165, 1.54) is 13.8 Å². The number of benzene rings is 1. The average Bonchev–Trinajstić information content (AvgIpc) is 2.70. The van der Waals surface area contributed by atoms with Gasteiger partial charge < -0.3 is 9.47 Å². The van der Waals surface area contributed by atoms with Crippen LogP contribution in [0.1, 0.15) is 33.3 Å². The fourth-order valence-corrected chi connectivity index (χ4v) is 3.18. The van der Waals surface area contributed by atoms with Crippen LogP contribution < -0.4 is 0 Å². The van der Waals surface area contributed by atoms with E-state index in [2.05, 4.69) is 13.2 Å². The van der Waals surface area contributed by atoms with Crippen molar-refractivity contribution in [2.24, 2.45) is 0 Å². The maximum Gasteiger partial charge on any atom is 0.475 e. The van der Waals surface area contributed by atoms with Crippen molar-refractivity contribution in [1.82, 2.24) is 0 Å². The normalized spacial score (nSPS) is 14.8. The van der Waals surface area contributed by atoms with E-state index in [-0.39, 0.29) is 31.0 Å². The number of carbonyl (C=O) groups is 2. The number of hydrogen-bond donors (Lipinski definition) is 0. The standard InChI is InChI=1S/C21H29O8P/c1-15(2)20(22)28-17(5)12-25-30(24,27-14-19-10-8-7-9-11-19)26-13-18(6)29-21(23)16(3)4/h7-11,17-18H,1,3,12-14H2,2,4-6H3. The van der Waals surface area contributed by atoms with Crippen LogP contribution in [0.3, 0.4) is 0 Å². The highest BCUT2D eigenvalue weighted by Gasteiger charge is 2.30. The molecule has 0 fully saturated rings. The first-order chi connectivity index (χ1) is 14.0. The highest BCUT2D eigenvalue weighted by molar-refractivity contribution is 7.48. The summed E-state index contributed by atoms with van der Waals surface area (Å²) >= 11 is 0. The van der Waals surface area contributed by atoms with Gasteiger partial charge in [-0.3, -0.25) is 13.6 Å². The molecule has 0 aliphatic rings. The van der Waals surface area contributed by atoms with E-state index in [0.717, 1.165) is 5.56 Å². The van der Waals surface area contributed by atoms with E-state index in [1.54, 1.807) is 26.0 Å². The maximum atomic E-state index is 13.1. The summed E-state index contributed by atoms with van der Waals surface area (Å²) < 4.78 is 39.4. The number of esters is 2. The first kappa shape index (κ1) is 25.8. The Morgan fingerprint density at radius 2 is 1.30 bits per heavy atom. The predicted octanol–water partition coefficient (Wildman–Crippen LogP) is 4.36. The maximum absolute atomic E-state index is 13.1. The number of ether oxygens (including phenoxy) is 2. The van der Waals surface area contributed by atoms with E-state index in [9.17, 15) is 14.2 Å². The second-order valence-electron chi connectivity index (χ2n) is 6.79. The molecule has 0 bridgehead atoms. The van der Waals surface area contributed by atoms with E-state index < -0.39 is 32.0 Å². The third kappa shape index (κ3) is 9.98. The van der Waals surface area contributed by atoms with Crippen LogP contribution in [0.4, 0.5) is 0 Å². The van der Waals surface area contributed by atoms with Crippen molar-refractivity contribution in [3.63, 3.8) is 0 Å². The smallest absolute Gasteiger partial charge is 0.457 e. The van der Waals surface area contributed by atoms with E-state index >= 15 is 0 Å². The molecule has 1 aromatic rings. The van der Waals surface area contributed by atoms with Gasteiger partial charge in [0.05, 0.1) is 19.8 Å². The van der Waals surface area contributed by atoms with Gasteiger partial charge in [-0.25, -0.2) is 14.2 Å². The monoisotopic (exact) mass is 440 g/mol. The number of hydrogen-bond acceptors (Lipinski definition) is 8. The minimum Gasteiger partial charge on any atom is -0.457 e. The molecule has 0 heterocycles. The van der Waals surface area contributed by atoms with Crippen molar-refractivity contribution in [2.75, 3.05) is 13.2 Å². The first-order valence-corrected chi connectivity index (χ1v) is 10.8. The fourth-order valence-electron chi connectivity index (χ4n) is 1.87. The molecule has 166 valence electrons. The lowest BCUT2D eigenvalue weighted by Crippen LogP contribution is -2.23. The molecule has 0 aliphatic heterocycles. The Kier molecular flexibility index (Phi) is 10.7. The number of carbonyl (C=O) groups excluding carboxylic acids is 2. The zero-order valence-electron chi connectivity index (χ0n) is 17.8. The topological polar surface area (TPSA) is 97.4 Å². The molecule has 1 rings (SSSR count). The number of phosphoric ester groups is 1. The Morgan fingerprint density at radius 3 is 1.70 bits per heavy atom. The van der Waals surface area contributed by atoms with Crippen LogP contribution in [0, 0.1) is 0 Å². The van der Waals surface area contributed by atoms with Crippen LogP contribution >= 0.6 is 7.82 Å². The average molecular weight is 440 g/mol. The predicted molar refractivity (Wildman–Crippen MR) is 111 cm³/mol. The van der Waals surface area contributed by atoms with Crippen molar-refractivity contribution < 1.29 is 37.2 Å². The van der Waals surface area contributed by atoms with E-state index in [4.69, 9.17) is 23.0 Å². The molecule has 0 spiro atoms. The van der Waals surface area contributed by atoms with Crippen molar-refractivity contribution in [2.45, 2.75) is 46.5 Å². The number of rotatable bonds is 13. The Balaban J connectivity index is 2.73. The fraction of sp³-hybridized carbons (Fsp3) is 0.429. The minimum atomic E-state index is -4.05. The Bertz CT molecular complexity index is 747. The van der Waals surface area contributed by atoms with Crippen LogP contribution in [0.15, 0.2) is 54.6 Å². The first-order valence-electron chi connectivity index (χ1n) is 9.33. The molecule has 9 heteroatoms. The zero-order chi connectivity index (χ0) is 22.7. The van der Waals surface area contributed by atoms with E-state index in [0.29, 0.717) is 0 Å². The van der Waals surface area contributed by atoms with Gasteiger partial charge in [0.2, 0.25) is 0 Å². The van der Waals surface area contributed by atoms with Gasteiger partial charge in [0.25, 0.3) is 0 Å². The second kappa shape index (κ2) is 12.4. The second-order valence-corrected chi connectivity index (χ2v) is 8.46. The van der Waals surface area contributed by atoms with Crippen LogP contribution in [-0.2, 0) is 43.8 Å². The minimum absolute atomic E-state index is 0.0298. The Labute approximate surface area is 177 Å². The van der Waals surface area contributed by atoms with Gasteiger partial charge in [-0.15, -0.1) is 0 Å². The molecule has 0 aromatic heterocycles. The molecule has 0 amide bonds. The summed E-state index contributed by atoms with van der Waals surface area (Å²) in [7, 11) is -4.05. The molecular weight excluding hydrogens is 411 g/mol. The summed E-state index contributed by atoms with van der Waals surface area (Å²) in [5.41, 5.74) is 1.22. The molecule has 0 saturated carbocycles. The van der Waals surface area contributed by atoms with Gasteiger partial charge in [0.15, 0.2) is 0 Å². The molecule has 2 unspecified atom stereocenters. The third-order valence-electron chi connectivity index (χ3n) is 3.48.